The summed E-state index contributed by atoms with van der Waals surface area (Å²) < 4.78 is 77.2. The fourth-order valence-electron chi connectivity index (χ4n) is 7.19. The van der Waals surface area contributed by atoms with Crippen molar-refractivity contribution in [1.82, 2.24) is 39.0 Å². The Morgan fingerprint density at radius 3 is 2.28 bits per heavy atom. The van der Waals surface area contributed by atoms with Crippen LogP contribution in [0.25, 0.3) is 22.3 Å². The molecule has 0 radical (unpaired) electrons. The number of thiol groups is 1. The third kappa shape index (κ3) is 7.90. The summed E-state index contributed by atoms with van der Waals surface area (Å²) in [5.74, 6) is -0.862. The first-order valence-corrected chi connectivity index (χ1v) is 21.7. The number of aliphatic carboxylic acids is 1. The van der Waals surface area contributed by atoms with E-state index in [0.29, 0.717) is 12.8 Å². The molecule has 27 heteroatoms. The average Bonchev–Trinajstić information content (AvgIpc) is 3.95. The first kappa shape index (κ1) is 40.5. The third-order valence-electron chi connectivity index (χ3n) is 10.4. The predicted octanol–water partition coefficient (Wildman–Crippen LogP) is 2.34. The van der Waals surface area contributed by atoms with Crippen LogP contribution in [0.15, 0.2) is 37.5 Å². The molecule has 3 fully saturated rings. The zero-order valence-electron chi connectivity index (χ0n) is 30.3. The van der Waals surface area contributed by atoms with Crippen molar-refractivity contribution in [2.24, 2.45) is 5.41 Å². The molecule has 2 bridgehead atoms. The van der Waals surface area contributed by atoms with E-state index in [2.05, 4.69) is 42.2 Å². The van der Waals surface area contributed by atoms with Gasteiger partial charge in [0.15, 0.2) is 41.5 Å². The maximum absolute atomic E-state index is 13.9. The van der Waals surface area contributed by atoms with Crippen LogP contribution in [0.3, 0.4) is 0 Å². The summed E-state index contributed by atoms with van der Waals surface area (Å²) in [5.41, 5.74) is 11.7. The Balaban J connectivity index is 1.08. The molecule has 1 aliphatic carbocycles. The lowest BCUT2D eigenvalue weighted by molar-refractivity contribution is -0.149. The monoisotopic (exact) mass is 868 g/mol. The number of aromatic nitrogens is 8. The maximum Gasteiger partial charge on any atom is 0.509 e. The fraction of sp³-hybridized carbons (Fsp3) is 0.548. The minimum Gasteiger partial charge on any atom is -0.481 e. The summed E-state index contributed by atoms with van der Waals surface area (Å²) in [6, 6.07) is 0. The zero-order valence-corrected chi connectivity index (χ0v) is 33.1. The molecule has 0 spiro atoms. The number of imidazole rings is 2. The summed E-state index contributed by atoms with van der Waals surface area (Å²) in [5, 5.41) is 21.1. The first-order chi connectivity index (χ1) is 27.7. The van der Waals surface area contributed by atoms with Gasteiger partial charge in [0.1, 0.15) is 60.3 Å². The molecule has 0 saturated carbocycles. The van der Waals surface area contributed by atoms with E-state index < -0.39 is 101 Å². The number of nitrogens with zero attached hydrogens (tertiary/aromatic N) is 8. The van der Waals surface area contributed by atoms with Crippen molar-refractivity contribution >= 4 is 73.4 Å². The lowest BCUT2D eigenvalue weighted by atomic mass is 9.79. The zero-order chi connectivity index (χ0) is 40.9. The average molecular weight is 869 g/mol. The van der Waals surface area contributed by atoms with Crippen LogP contribution >= 0.6 is 27.3 Å². The second-order valence-electron chi connectivity index (χ2n) is 14.1. The number of carboxylic acid groups (broad SMARTS) is 1. The number of allylic oxidation sites excluding steroid dienone is 1. The van der Waals surface area contributed by atoms with Gasteiger partial charge in [0, 0.05) is 0 Å². The summed E-state index contributed by atoms with van der Waals surface area (Å²) >= 11 is 4.19. The van der Waals surface area contributed by atoms with Crippen molar-refractivity contribution in [2.45, 2.75) is 87.8 Å². The van der Waals surface area contributed by atoms with Gasteiger partial charge in [-0.3, -0.25) is 27.5 Å². The van der Waals surface area contributed by atoms with Crippen LogP contribution in [-0.4, -0.2) is 117 Å². The second-order valence-corrected chi connectivity index (χ2v) is 18.0. The fourth-order valence-corrected chi connectivity index (χ4v) is 9.53. The van der Waals surface area contributed by atoms with E-state index in [1.807, 2.05) is 0 Å². The van der Waals surface area contributed by atoms with Crippen LogP contribution in [0.4, 0.5) is 16.4 Å². The van der Waals surface area contributed by atoms with Gasteiger partial charge in [-0.2, -0.15) is 0 Å². The number of rotatable bonds is 5. The lowest BCUT2D eigenvalue weighted by Gasteiger charge is -2.28. The number of aliphatic hydroxyl groups excluding tert-OH is 1. The Morgan fingerprint density at radius 1 is 0.948 bits per heavy atom. The number of carboxylic acids is 1. The Kier molecular flexibility index (Phi) is 11.2. The maximum atomic E-state index is 13.9. The van der Waals surface area contributed by atoms with Gasteiger partial charge >= 0.3 is 27.2 Å². The molecule has 8 rings (SSSR count). The SMILES string of the molecule is CC1(C(=O)O)CC/C=C/C(OC(=O)O[C@@H]2[C@@H]3O[PH](=O)OC[C@H]4O[C@@H](n5cnc6c(N)ncnc65)[C@H](OP(=O)(S)OC[C@H]3O[C@H]2n2cnc3c(N)ncnc32)[C@@H]4O)CC1. The summed E-state index contributed by atoms with van der Waals surface area (Å²) in [6.45, 7) is -3.99. The highest BCUT2D eigenvalue weighted by Gasteiger charge is 2.54. The molecule has 3 aliphatic heterocycles. The van der Waals surface area contributed by atoms with Gasteiger partial charge in [-0.25, -0.2) is 39.3 Å². The molecular formula is C31H38N10O14P2S. The predicted molar refractivity (Wildman–Crippen MR) is 199 cm³/mol. The molecule has 0 aromatic carbocycles. The molecule has 24 nitrogen and oxygen atoms in total. The highest BCUT2D eigenvalue weighted by atomic mass is 32.7. The number of nitrogens with two attached hydrogens (primary N) is 2. The van der Waals surface area contributed by atoms with Crippen LogP contribution in [0, 0.1) is 5.41 Å². The van der Waals surface area contributed by atoms with Crippen molar-refractivity contribution in [1.29, 1.82) is 0 Å². The van der Waals surface area contributed by atoms with Crippen LogP contribution in [-0.2, 0) is 51.0 Å². The van der Waals surface area contributed by atoms with Crippen LogP contribution < -0.4 is 11.5 Å². The quantitative estimate of drug-likeness (QED) is 0.0831. The van der Waals surface area contributed by atoms with E-state index in [0.717, 1.165) is 0 Å². The number of hydrogen-bond donors (Lipinski definition) is 5. The number of hydrogen-bond acceptors (Lipinski definition) is 21. The Hall–Kier alpha value is -4.29. The molecule has 0 amide bonds. The van der Waals surface area contributed by atoms with Gasteiger partial charge in [0.2, 0.25) is 0 Å². The summed E-state index contributed by atoms with van der Waals surface area (Å²) in [7, 11) is -3.56. The largest absolute Gasteiger partial charge is 0.509 e. The van der Waals surface area contributed by atoms with E-state index in [-0.39, 0.29) is 46.8 Å². The molecule has 4 aromatic rings. The van der Waals surface area contributed by atoms with Crippen LogP contribution in [0.1, 0.15) is 45.1 Å². The highest BCUT2D eigenvalue weighted by molar-refractivity contribution is 8.44. The van der Waals surface area contributed by atoms with E-state index in [1.165, 1.54) is 34.4 Å². The molecule has 6 N–H and O–H groups in total. The molecule has 4 unspecified atom stereocenters. The lowest BCUT2D eigenvalue weighted by Crippen LogP contribution is -2.39. The topological polar surface area (TPSA) is 322 Å². The van der Waals surface area contributed by atoms with Gasteiger partial charge < -0.3 is 49.7 Å². The molecule has 3 saturated heterocycles. The minimum atomic E-state index is -4.45. The van der Waals surface area contributed by atoms with Crippen molar-refractivity contribution < 1.29 is 66.0 Å². The van der Waals surface area contributed by atoms with E-state index in [1.54, 1.807) is 19.1 Å². The second kappa shape index (κ2) is 16.0. The normalized spacial score (nSPS) is 36.5. The van der Waals surface area contributed by atoms with Crippen molar-refractivity contribution in [3.63, 3.8) is 0 Å². The van der Waals surface area contributed by atoms with Crippen molar-refractivity contribution in [3.8, 4) is 0 Å². The minimum absolute atomic E-state index is 0.0359. The van der Waals surface area contributed by atoms with Gasteiger partial charge in [-0.15, -0.1) is 0 Å². The van der Waals surface area contributed by atoms with E-state index in [4.69, 9.17) is 48.5 Å². The highest BCUT2D eigenvalue weighted by Crippen LogP contribution is 2.57. The molecule has 7 heterocycles. The molecular weight excluding hydrogens is 830 g/mol. The number of fused-ring (bicyclic) bond motifs is 5. The molecule has 4 aromatic heterocycles. The van der Waals surface area contributed by atoms with Gasteiger partial charge in [0.25, 0.3) is 0 Å². The number of carbonyl (C=O) groups is 2. The number of aliphatic hydroxyl groups is 1. The smallest absolute Gasteiger partial charge is 0.481 e. The molecule has 58 heavy (non-hydrogen) atoms. The van der Waals surface area contributed by atoms with Crippen molar-refractivity contribution in [3.05, 3.63) is 37.5 Å². The van der Waals surface area contributed by atoms with Crippen LogP contribution in [0.2, 0.25) is 0 Å². The van der Waals surface area contributed by atoms with Gasteiger partial charge in [0.05, 0.1) is 31.3 Å². The molecule has 12 atom stereocenters. The molecule has 312 valence electrons. The third-order valence-corrected chi connectivity index (χ3v) is 12.8. The van der Waals surface area contributed by atoms with E-state index >= 15 is 0 Å². The number of carbonyl (C=O) groups excluding carboxylic acids is 1. The van der Waals surface area contributed by atoms with Crippen molar-refractivity contribution in [2.75, 3.05) is 24.7 Å². The van der Waals surface area contributed by atoms with Crippen LogP contribution in [0.5, 0.6) is 0 Å². The van der Waals surface area contributed by atoms with Gasteiger partial charge in [-0.1, -0.05) is 18.3 Å². The number of nitrogen functional groups attached to an aromatic ring is 2. The Bertz CT molecular complexity index is 2320. The standard InChI is InChI=1S/C31H38N10O14P2S/c1-31(29(43)44)6-3-2-4-14(5-7-31)50-30(45)53-22-20-16(52-28(22)41-13-39-18-24(33)35-11-37-26(18)41)9-49-57(47,58)55-21-19(42)15(8-48-56(46)54-20)51-27(21)40-12-38-17-23(32)34-10-36-25(17)40/h2,4,10-16,19-22,27-28,42,56H,3,5-9H2,1H3,(H,43,44)(H,47,58)(H2,32,34,36)(H2,33,35,37)/b4-2+/t14?,15-,16-,19-,20-,21-,22-,27-,28-,31?,57?/m1/s1. The summed E-state index contributed by atoms with van der Waals surface area (Å²) in [4.78, 5) is 50.4. The van der Waals surface area contributed by atoms with E-state index in [9.17, 15) is 28.9 Å². The Morgan fingerprint density at radius 2 is 1.60 bits per heavy atom. The first-order valence-electron chi connectivity index (χ1n) is 17.8. The van der Waals surface area contributed by atoms with Gasteiger partial charge in [-0.05, 0) is 38.7 Å². The molecule has 4 aliphatic rings. The number of anilines is 2. The Labute approximate surface area is 333 Å². The summed E-state index contributed by atoms with van der Waals surface area (Å²) in [6.07, 6.45) is -3.61. The number of ether oxygens (including phenoxy) is 4.